The van der Waals surface area contributed by atoms with Gasteiger partial charge in [0.2, 0.25) is 11.8 Å². The molecule has 15 heteroatoms. The van der Waals surface area contributed by atoms with E-state index >= 15 is 0 Å². The summed E-state index contributed by atoms with van der Waals surface area (Å²) in [7, 11) is 4.71. The highest BCUT2D eigenvalue weighted by molar-refractivity contribution is 7.92. The van der Waals surface area contributed by atoms with E-state index in [4.69, 9.17) is 9.02 Å². The normalized spacial score (nSPS) is 12.8. The average molecular weight is 594 g/mol. The number of anilines is 2. The van der Waals surface area contributed by atoms with Gasteiger partial charge in [-0.25, -0.2) is 29.0 Å². The van der Waals surface area contributed by atoms with Crippen LogP contribution in [0.15, 0.2) is 54.9 Å². The second kappa shape index (κ2) is 14.1. The number of hydrogen-bond donors (Lipinski definition) is 2. The molecule has 0 saturated heterocycles. The molecule has 214 valence electrons. The first-order valence-corrected chi connectivity index (χ1v) is 12.5. The zero-order valence-electron chi connectivity index (χ0n) is 21.9. The number of hydrazine groups is 1. The molecule has 2 aromatic heterocycles. The van der Waals surface area contributed by atoms with Gasteiger partial charge < -0.3 is 15.0 Å². The van der Waals surface area contributed by atoms with Crippen molar-refractivity contribution in [1.29, 1.82) is 0 Å². The zero-order valence-corrected chi connectivity index (χ0v) is 23.7. The van der Waals surface area contributed by atoms with Gasteiger partial charge in [-0.05, 0) is 41.8 Å². The molecule has 2 N–H and O–H groups in total. The van der Waals surface area contributed by atoms with Crippen LogP contribution in [0, 0.1) is 11.6 Å². The van der Waals surface area contributed by atoms with Crippen LogP contribution in [-0.2, 0) is 21.9 Å². The van der Waals surface area contributed by atoms with E-state index in [-0.39, 0.29) is 25.5 Å². The molecule has 1 aliphatic heterocycles. The Labute approximate surface area is 241 Å². The number of pyridine rings is 2. The minimum atomic E-state index is -1.20. The van der Waals surface area contributed by atoms with Gasteiger partial charge in [-0.3, -0.25) is 9.80 Å². The highest BCUT2D eigenvalue weighted by Gasteiger charge is 2.27. The first-order valence-electron chi connectivity index (χ1n) is 11.8. The molecule has 1 atom stereocenters. The predicted molar refractivity (Wildman–Crippen MR) is 152 cm³/mol. The van der Waals surface area contributed by atoms with Crippen molar-refractivity contribution in [2.24, 2.45) is 0 Å². The summed E-state index contributed by atoms with van der Waals surface area (Å²) in [6, 6.07) is 7.96. The number of carbonyl (C=O) groups is 2. The van der Waals surface area contributed by atoms with E-state index in [0.29, 0.717) is 18.1 Å². The smallest absolute Gasteiger partial charge is 0.340 e. The van der Waals surface area contributed by atoms with Crippen molar-refractivity contribution in [3.05, 3.63) is 77.6 Å². The monoisotopic (exact) mass is 593 g/mol. The average Bonchev–Trinajstić information content (AvgIpc) is 3.36. The number of amides is 3. The van der Waals surface area contributed by atoms with Crippen molar-refractivity contribution in [3.8, 4) is 5.88 Å². The number of urea groups is 1. The van der Waals surface area contributed by atoms with Crippen molar-refractivity contribution in [1.82, 2.24) is 25.2 Å². The lowest BCUT2D eigenvalue weighted by molar-refractivity contribution is -0.120. The fraction of sp³-hybridized carbons (Fsp3) is 0.280. The van der Waals surface area contributed by atoms with Crippen molar-refractivity contribution in [2.45, 2.75) is 18.9 Å². The summed E-state index contributed by atoms with van der Waals surface area (Å²) in [5.41, 5.74) is 3.93. The second-order valence-electron chi connectivity index (χ2n) is 8.55. The topological polar surface area (TPSA) is 112 Å². The first-order chi connectivity index (χ1) is 18.7. The van der Waals surface area contributed by atoms with Gasteiger partial charge in [-0.2, -0.15) is 17.8 Å². The van der Waals surface area contributed by atoms with Gasteiger partial charge in [0.1, 0.15) is 35.7 Å². The lowest BCUT2D eigenvalue weighted by atomic mass is 10.0. The van der Waals surface area contributed by atoms with E-state index in [9.17, 15) is 18.4 Å². The first kappa shape index (κ1) is 30.9. The fourth-order valence-corrected chi connectivity index (χ4v) is 4.48. The molecule has 1 aromatic carbocycles. The van der Waals surface area contributed by atoms with Crippen LogP contribution in [0.25, 0.3) is 0 Å². The molecular formula is C25H29F2N7O4S2. The summed E-state index contributed by atoms with van der Waals surface area (Å²) in [5, 5.41) is 4.41. The maximum absolute atomic E-state index is 13.8. The molecule has 3 aromatic rings. The molecule has 4 rings (SSSR count). The molecule has 0 spiro atoms. The van der Waals surface area contributed by atoms with Crippen LogP contribution in [-0.4, -0.2) is 60.1 Å². The Hall–Kier alpha value is -3.66. The highest BCUT2D eigenvalue weighted by atomic mass is 32.2. The van der Waals surface area contributed by atoms with Crippen LogP contribution in [0.4, 0.5) is 25.1 Å². The third-order valence-electron chi connectivity index (χ3n) is 5.94. The molecule has 0 saturated carbocycles. The highest BCUT2D eigenvalue weighted by Crippen LogP contribution is 2.28. The molecule has 0 radical (unpaired) electrons. The number of likely N-dealkylation sites (N-methyl/N-ethyl adjacent to an activating group) is 1. The van der Waals surface area contributed by atoms with Gasteiger partial charge in [0.05, 0.1) is 19.0 Å². The number of carbonyl (C=O) groups excluding carboxylic acids is 2. The third kappa shape index (κ3) is 7.71. The van der Waals surface area contributed by atoms with E-state index in [2.05, 4.69) is 20.8 Å². The number of methoxy groups -OCH3 is 1. The minimum Gasteiger partial charge on any atom is -0.481 e. The maximum Gasteiger partial charge on any atom is 0.340 e. The fourth-order valence-electron chi connectivity index (χ4n) is 4.02. The Morgan fingerprint density at radius 1 is 1.15 bits per heavy atom. The van der Waals surface area contributed by atoms with Crippen molar-refractivity contribution in [3.63, 3.8) is 0 Å². The predicted octanol–water partition coefficient (Wildman–Crippen LogP) is 3.15. The summed E-state index contributed by atoms with van der Waals surface area (Å²) < 4.78 is 39.6. The lowest BCUT2D eigenvalue weighted by Crippen LogP contribution is -2.51. The molecule has 1 aliphatic rings. The largest absolute Gasteiger partial charge is 0.481 e. The Balaban J connectivity index is 0.00000441. The number of nitrogens with one attached hydrogen (secondary N) is 2. The van der Waals surface area contributed by atoms with E-state index < -0.39 is 29.6 Å². The van der Waals surface area contributed by atoms with Crippen molar-refractivity contribution < 1.29 is 27.4 Å². The molecule has 11 nitrogen and oxygen atoms in total. The summed E-state index contributed by atoms with van der Waals surface area (Å²) in [6.07, 6.45) is 3.77. The number of hydrogen-bond acceptors (Lipinski definition) is 9. The van der Waals surface area contributed by atoms with E-state index in [1.165, 1.54) is 25.3 Å². The quantitative estimate of drug-likeness (QED) is 0.208. The van der Waals surface area contributed by atoms with Gasteiger partial charge in [0, 0.05) is 45.4 Å². The SMILES string of the molecule is COc1ccc(N(C)C(=O)C(Cc2cc(F)cc(F)c2)NC(=O)NOSN(C)N2CCc3cccnc32)cn1.S. The van der Waals surface area contributed by atoms with Crippen LogP contribution in [0.5, 0.6) is 5.88 Å². The van der Waals surface area contributed by atoms with E-state index in [0.717, 1.165) is 48.2 Å². The Morgan fingerprint density at radius 2 is 1.90 bits per heavy atom. The van der Waals surface area contributed by atoms with Crippen LogP contribution in [0.3, 0.4) is 0 Å². The molecule has 0 bridgehead atoms. The van der Waals surface area contributed by atoms with Crippen LogP contribution in [0.2, 0.25) is 0 Å². The summed E-state index contributed by atoms with van der Waals surface area (Å²) >= 11 is 0.848. The number of hydroxylamine groups is 1. The number of fused-ring (bicyclic) bond motifs is 1. The third-order valence-corrected chi connectivity index (χ3v) is 6.51. The summed E-state index contributed by atoms with van der Waals surface area (Å²) in [6.45, 7) is 0.693. The standard InChI is InChI=1S/C25H27F2N7O4S.H2S/c1-32(20-6-7-22(37-3)29-15-20)24(35)21(13-16-11-18(26)14-19(27)12-16)30-25(36)31-38-39-33(2)34-10-8-17-5-4-9-28-23(17)34;/h4-7,9,11-12,14-15,21H,8,10,13H2,1-3H3,(H2,30,31,36);1H2. The minimum absolute atomic E-state index is 0. The molecule has 0 fully saturated rings. The number of rotatable bonds is 10. The molecule has 3 amide bonds. The van der Waals surface area contributed by atoms with Crippen LogP contribution in [0.1, 0.15) is 11.1 Å². The number of halogens is 2. The molecule has 40 heavy (non-hydrogen) atoms. The molecular weight excluding hydrogens is 564 g/mol. The number of benzene rings is 1. The van der Waals surface area contributed by atoms with Gasteiger partial charge in [-0.1, -0.05) is 6.07 Å². The molecule has 1 unspecified atom stereocenters. The number of aromatic nitrogens is 2. The maximum atomic E-state index is 13.8. The Kier molecular flexibility index (Phi) is 10.9. The lowest BCUT2D eigenvalue weighted by Gasteiger charge is -2.27. The van der Waals surface area contributed by atoms with Crippen LogP contribution < -0.4 is 25.4 Å². The Morgan fingerprint density at radius 3 is 2.58 bits per heavy atom. The summed E-state index contributed by atoms with van der Waals surface area (Å²) in [5.74, 6) is -0.990. The van der Waals surface area contributed by atoms with Gasteiger partial charge in [-0.15, -0.1) is 4.41 Å². The van der Waals surface area contributed by atoms with Gasteiger partial charge in [0.25, 0.3) is 0 Å². The van der Waals surface area contributed by atoms with Crippen molar-refractivity contribution in [2.75, 3.05) is 37.7 Å². The Bertz CT molecular complexity index is 1300. The molecule has 3 heterocycles. The summed E-state index contributed by atoms with van der Waals surface area (Å²) in [4.78, 5) is 35.8. The van der Waals surface area contributed by atoms with E-state index in [1.807, 2.05) is 17.1 Å². The zero-order chi connectivity index (χ0) is 27.9. The molecule has 0 aliphatic carbocycles. The number of ether oxygens (including phenoxy) is 1. The van der Waals surface area contributed by atoms with Crippen LogP contribution >= 0.6 is 25.7 Å². The van der Waals surface area contributed by atoms with Gasteiger partial charge >= 0.3 is 6.03 Å². The number of nitrogens with zero attached hydrogens (tertiary/aromatic N) is 5. The second-order valence-corrected chi connectivity index (χ2v) is 9.39. The van der Waals surface area contributed by atoms with Crippen molar-refractivity contribution >= 4 is 49.2 Å². The van der Waals surface area contributed by atoms with Gasteiger partial charge in [0.15, 0.2) is 0 Å². The van der Waals surface area contributed by atoms with E-state index in [1.54, 1.807) is 29.8 Å².